The third-order valence-corrected chi connectivity index (χ3v) is 4.33. The zero-order valence-electron chi connectivity index (χ0n) is 14.9. The summed E-state index contributed by atoms with van der Waals surface area (Å²) in [5.41, 5.74) is 1.17. The van der Waals surface area contributed by atoms with Gasteiger partial charge in [0, 0.05) is 23.9 Å². The zero-order chi connectivity index (χ0) is 19.6. The molecule has 0 fully saturated rings. The van der Waals surface area contributed by atoms with Crippen molar-refractivity contribution in [3.63, 3.8) is 0 Å². The Bertz CT molecular complexity index is 911. The summed E-state index contributed by atoms with van der Waals surface area (Å²) in [7, 11) is 1.47. The summed E-state index contributed by atoms with van der Waals surface area (Å²) < 4.78 is 17.4. The first-order chi connectivity index (χ1) is 12.9. The Morgan fingerprint density at radius 2 is 1.85 bits per heavy atom. The van der Waals surface area contributed by atoms with Crippen molar-refractivity contribution in [1.29, 1.82) is 0 Å². The van der Waals surface area contributed by atoms with Gasteiger partial charge in [-0.1, -0.05) is 34.1 Å². The molecule has 0 aliphatic carbocycles. The molecular formula is C19H17BrN2O5. The average molecular weight is 433 g/mol. The molecule has 7 nitrogen and oxygen atoms in total. The number of carbonyl (C=O) groups excluding carboxylic acids is 2. The van der Waals surface area contributed by atoms with E-state index in [0.29, 0.717) is 11.3 Å². The first kappa shape index (κ1) is 18.9. The molecule has 0 saturated carbocycles. The van der Waals surface area contributed by atoms with E-state index in [2.05, 4.69) is 21.0 Å². The van der Waals surface area contributed by atoms with Crippen molar-refractivity contribution in [3.8, 4) is 11.5 Å². The second kappa shape index (κ2) is 7.79. The van der Waals surface area contributed by atoms with Gasteiger partial charge in [0.05, 0.1) is 12.7 Å². The van der Waals surface area contributed by atoms with Gasteiger partial charge in [-0.05, 0) is 24.3 Å². The molecule has 1 atom stereocenters. The first-order valence-electron chi connectivity index (χ1n) is 8.07. The lowest BCUT2D eigenvalue weighted by Gasteiger charge is -2.19. The van der Waals surface area contributed by atoms with Crippen LogP contribution in [0.25, 0.3) is 0 Å². The molecule has 0 aromatic heterocycles. The standard InChI is InChI=1S/C19H17BrN2O5/c1-11(23)22-19(13-7-9-14(20)10-8-13)27-18(21-22)15-5-4-6-16(25-3)17(15)26-12(2)24/h4-10,19H,1-3H3/t19-/m0/s1. The number of amides is 1. The molecule has 1 heterocycles. The van der Waals surface area contributed by atoms with Crippen LogP contribution in [0.3, 0.4) is 0 Å². The first-order valence-corrected chi connectivity index (χ1v) is 8.86. The number of esters is 1. The summed E-state index contributed by atoms with van der Waals surface area (Å²) in [6.45, 7) is 2.69. The number of para-hydroxylation sites is 1. The molecule has 2 aromatic rings. The zero-order valence-corrected chi connectivity index (χ0v) is 16.5. The Kier molecular flexibility index (Phi) is 5.46. The largest absolute Gasteiger partial charge is 0.493 e. The smallest absolute Gasteiger partial charge is 0.308 e. The topological polar surface area (TPSA) is 77.4 Å². The fourth-order valence-corrected chi connectivity index (χ4v) is 2.88. The molecule has 27 heavy (non-hydrogen) atoms. The fourth-order valence-electron chi connectivity index (χ4n) is 2.61. The predicted molar refractivity (Wildman–Crippen MR) is 101 cm³/mol. The van der Waals surface area contributed by atoms with Crippen molar-refractivity contribution in [2.75, 3.05) is 7.11 Å². The Hall–Kier alpha value is -2.87. The molecule has 0 radical (unpaired) electrons. The van der Waals surface area contributed by atoms with Gasteiger partial charge in [0.2, 0.25) is 18.0 Å². The lowest BCUT2D eigenvalue weighted by Crippen LogP contribution is -2.25. The normalized spacial score (nSPS) is 15.8. The second-order valence-corrected chi connectivity index (χ2v) is 6.64. The Morgan fingerprint density at radius 3 is 2.44 bits per heavy atom. The number of nitrogens with zero attached hydrogens (tertiary/aromatic N) is 2. The number of rotatable bonds is 4. The highest BCUT2D eigenvalue weighted by Gasteiger charge is 2.34. The molecule has 1 amide bonds. The van der Waals surface area contributed by atoms with Crippen molar-refractivity contribution < 1.29 is 23.8 Å². The highest BCUT2D eigenvalue weighted by molar-refractivity contribution is 9.10. The molecule has 8 heteroatoms. The summed E-state index contributed by atoms with van der Waals surface area (Å²) in [6, 6.07) is 12.4. The minimum absolute atomic E-state index is 0.160. The van der Waals surface area contributed by atoms with Crippen LogP contribution in [0.1, 0.15) is 31.2 Å². The number of hydrogen-bond acceptors (Lipinski definition) is 6. The van der Waals surface area contributed by atoms with Crippen LogP contribution in [0.15, 0.2) is 52.0 Å². The van der Waals surface area contributed by atoms with E-state index in [1.807, 2.05) is 24.3 Å². The number of benzene rings is 2. The van der Waals surface area contributed by atoms with Gasteiger partial charge in [0.25, 0.3) is 0 Å². The maximum absolute atomic E-state index is 12.1. The number of hydrazone groups is 1. The Morgan fingerprint density at radius 1 is 1.15 bits per heavy atom. The van der Waals surface area contributed by atoms with Gasteiger partial charge < -0.3 is 14.2 Å². The van der Waals surface area contributed by atoms with Crippen molar-refractivity contribution in [2.45, 2.75) is 20.1 Å². The SMILES string of the molecule is COc1cccc(C2=NN(C(C)=O)[C@H](c3ccc(Br)cc3)O2)c1OC(C)=O. The maximum atomic E-state index is 12.1. The Labute approximate surface area is 164 Å². The van der Waals surface area contributed by atoms with E-state index in [1.165, 1.54) is 26.0 Å². The van der Waals surface area contributed by atoms with Gasteiger partial charge in [-0.3, -0.25) is 9.59 Å². The van der Waals surface area contributed by atoms with Crippen molar-refractivity contribution in [1.82, 2.24) is 5.01 Å². The van der Waals surface area contributed by atoms with Gasteiger partial charge in [-0.2, -0.15) is 5.01 Å². The van der Waals surface area contributed by atoms with E-state index < -0.39 is 12.2 Å². The molecule has 0 saturated heterocycles. The minimum Gasteiger partial charge on any atom is -0.493 e. The molecule has 2 aromatic carbocycles. The van der Waals surface area contributed by atoms with E-state index in [4.69, 9.17) is 14.2 Å². The summed E-state index contributed by atoms with van der Waals surface area (Å²) in [6.07, 6.45) is -0.720. The van der Waals surface area contributed by atoms with Gasteiger partial charge in [0.15, 0.2) is 11.5 Å². The highest BCUT2D eigenvalue weighted by atomic mass is 79.9. The van der Waals surface area contributed by atoms with Gasteiger partial charge in [-0.15, -0.1) is 5.10 Å². The van der Waals surface area contributed by atoms with Crippen LogP contribution in [-0.2, 0) is 14.3 Å². The molecule has 140 valence electrons. The van der Waals surface area contributed by atoms with Crippen LogP contribution in [-0.4, -0.2) is 29.9 Å². The number of halogens is 1. The van der Waals surface area contributed by atoms with Gasteiger partial charge in [-0.25, -0.2) is 0 Å². The number of methoxy groups -OCH3 is 1. The van der Waals surface area contributed by atoms with E-state index in [1.54, 1.807) is 18.2 Å². The lowest BCUT2D eigenvalue weighted by molar-refractivity contribution is -0.135. The van der Waals surface area contributed by atoms with Crippen molar-refractivity contribution in [3.05, 3.63) is 58.1 Å². The number of carbonyl (C=O) groups is 2. The van der Waals surface area contributed by atoms with Crippen LogP contribution in [0, 0.1) is 0 Å². The second-order valence-electron chi connectivity index (χ2n) is 5.72. The molecular weight excluding hydrogens is 416 g/mol. The van der Waals surface area contributed by atoms with E-state index in [9.17, 15) is 9.59 Å². The van der Waals surface area contributed by atoms with Crippen LogP contribution in [0.2, 0.25) is 0 Å². The quantitative estimate of drug-likeness (QED) is 0.544. The summed E-state index contributed by atoms with van der Waals surface area (Å²) in [5.74, 6) is -0.0861. The van der Waals surface area contributed by atoms with Gasteiger partial charge >= 0.3 is 5.97 Å². The molecule has 0 spiro atoms. The van der Waals surface area contributed by atoms with Gasteiger partial charge in [0.1, 0.15) is 0 Å². The molecule has 0 bridgehead atoms. The fraction of sp³-hybridized carbons (Fsp3) is 0.211. The molecule has 0 unspecified atom stereocenters. The predicted octanol–water partition coefficient (Wildman–Crippen LogP) is 3.62. The van der Waals surface area contributed by atoms with E-state index >= 15 is 0 Å². The van der Waals surface area contributed by atoms with Crippen molar-refractivity contribution >= 4 is 33.7 Å². The lowest BCUT2D eigenvalue weighted by atomic mass is 10.1. The summed E-state index contributed by atoms with van der Waals surface area (Å²) >= 11 is 3.38. The van der Waals surface area contributed by atoms with Crippen LogP contribution in [0.5, 0.6) is 11.5 Å². The number of ether oxygens (including phenoxy) is 3. The molecule has 0 N–H and O–H groups in total. The third-order valence-electron chi connectivity index (χ3n) is 3.80. The van der Waals surface area contributed by atoms with E-state index in [0.717, 1.165) is 10.0 Å². The minimum atomic E-state index is -0.720. The molecule has 1 aliphatic heterocycles. The molecule has 1 aliphatic rings. The summed E-state index contributed by atoms with van der Waals surface area (Å²) in [5, 5.41) is 5.55. The highest BCUT2D eigenvalue weighted by Crippen LogP contribution is 2.37. The monoisotopic (exact) mass is 432 g/mol. The number of hydrogen-bond donors (Lipinski definition) is 0. The average Bonchev–Trinajstić information content (AvgIpc) is 3.07. The van der Waals surface area contributed by atoms with Crippen LogP contribution >= 0.6 is 15.9 Å². The summed E-state index contributed by atoms with van der Waals surface area (Å²) in [4.78, 5) is 23.6. The van der Waals surface area contributed by atoms with Crippen molar-refractivity contribution in [2.24, 2.45) is 5.10 Å². The molecule has 3 rings (SSSR count). The van der Waals surface area contributed by atoms with Crippen LogP contribution in [0.4, 0.5) is 0 Å². The maximum Gasteiger partial charge on any atom is 0.308 e. The van der Waals surface area contributed by atoms with E-state index in [-0.39, 0.29) is 17.6 Å². The third kappa shape index (κ3) is 3.95. The van der Waals surface area contributed by atoms with Crippen LogP contribution < -0.4 is 9.47 Å². The Balaban J connectivity index is 2.02.